The average Bonchev–Trinajstić information content (AvgIpc) is 2.50. The van der Waals surface area contributed by atoms with Crippen LogP contribution in [0.1, 0.15) is 44.8 Å². The van der Waals surface area contributed by atoms with Crippen LogP contribution in [0.25, 0.3) is 0 Å². The zero-order chi connectivity index (χ0) is 19.1. The third-order valence-corrected chi connectivity index (χ3v) is 4.15. The molecule has 2 aliphatic rings. The van der Waals surface area contributed by atoms with Gasteiger partial charge < -0.3 is 14.2 Å². The molecule has 3 rings (SSSR count). The molecule has 0 saturated carbocycles. The van der Waals surface area contributed by atoms with Gasteiger partial charge in [0.25, 0.3) is 0 Å². The minimum absolute atomic E-state index is 0.0433. The van der Waals surface area contributed by atoms with Crippen molar-refractivity contribution in [3.05, 3.63) is 47.0 Å². The maximum absolute atomic E-state index is 13.2. The van der Waals surface area contributed by atoms with Crippen molar-refractivity contribution in [3.63, 3.8) is 0 Å². The quantitative estimate of drug-likeness (QED) is 0.575. The van der Waals surface area contributed by atoms with Gasteiger partial charge in [-0.25, -0.2) is 9.18 Å². The first-order chi connectivity index (χ1) is 12.0. The third kappa shape index (κ3) is 4.17. The highest BCUT2D eigenvalue weighted by Crippen LogP contribution is 2.43. The number of halogens is 4. The van der Waals surface area contributed by atoms with Gasteiger partial charge in [-0.15, -0.1) is 0 Å². The van der Waals surface area contributed by atoms with Crippen LogP contribution < -0.4 is 0 Å². The van der Waals surface area contributed by atoms with Crippen molar-refractivity contribution in [2.24, 2.45) is 0 Å². The summed E-state index contributed by atoms with van der Waals surface area (Å²) in [6.45, 7) is 3.09. The summed E-state index contributed by atoms with van der Waals surface area (Å²) < 4.78 is 67.6. The number of carbonyl (C=O) groups is 1. The highest BCUT2D eigenvalue weighted by Gasteiger charge is 2.45. The van der Waals surface area contributed by atoms with Crippen LogP contribution in [0.2, 0.25) is 0 Å². The van der Waals surface area contributed by atoms with E-state index in [0.29, 0.717) is 5.56 Å². The van der Waals surface area contributed by atoms with Crippen LogP contribution in [-0.4, -0.2) is 24.0 Å². The maximum atomic E-state index is 13.2. The molecule has 8 heteroatoms. The van der Waals surface area contributed by atoms with Crippen molar-refractivity contribution >= 4 is 5.97 Å². The molecule has 0 saturated heterocycles. The van der Waals surface area contributed by atoms with Crippen molar-refractivity contribution in [2.75, 3.05) is 0 Å². The zero-order valence-electron chi connectivity index (χ0n) is 14.2. The van der Waals surface area contributed by atoms with Crippen LogP contribution in [0.5, 0.6) is 0 Å². The fourth-order valence-corrected chi connectivity index (χ4v) is 3.06. The van der Waals surface area contributed by atoms with Crippen molar-refractivity contribution in [3.8, 4) is 0 Å². The van der Waals surface area contributed by atoms with Crippen molar-refractivity contribution in [2.45, 2.75) is 57.3 Å². The summed E-state index contributed by atoms with van der Waals surface area (Å²) in [6, 6.07) is 5.22. The summed E-state index contributed by atoms with van der Waals surface area (Å²) in [7, 11) is 0. The van der Waals surface area contributed by atoms with E-state index in [1.807, 2.05) is 0 Å². The summed E-state index contributed by atoms with van der Waals surface area (Å²) in [5.41, 5.74) is 0.551. The van der Waals surface area contributed by atoms with Gasteiger partial charge in [-0.2, -0.15) is 13.2 Å². The highest BCUT2D eigenvalue weighted by molar-refractivity contribution is 5.91. The fourth-order valence-electron chi connectivity index (χ4n) is 3.06. The Morgan fingerprint density at radius 2 is 1.81 bits per heavy atom. The van der Waals surface area contributed by atoms with E-state index in [1.165, 1.54) is 24.3 Å². The molecule has 0 aromatic heterocycles. The van der Waals surface area contributed by atoms with E-state index in [1.54, 1.807) is 13.8 Å². The largest absolute Gasteiger partial charge is 0.456 e. The van der Waals surface area contributed by atoms with Gasteiger partial charge in [-0.05, 0) is 24.1 Å². The molecule has 4 nitrogen and oxygen atoms in total. The Morgan fingerprint density at radius 3 is 2.42 bits per heavy atom. The van der Waals surface area contributed by atoms with Crippen LogP contribution in [0.4, 0.5) is 17.6 Å². The molecule has 1 aromatic carbocycles. The molecule has 0 spiro atoms. The van der Waals surface area contributed by atoms with Gasteiger partial charge in [0.1, 0.15) is 23.3 Å². The van der Waals surface area contributed by atoms with E-state index in [4.69, 9.17) is 14.2 Å². The van der Waals surface area contributed by atoms with E-state index >= 15 is 0 Å². The lowest BCUT2D eigenvalue weighted by Crippen LogP contribution is -2.42. The summed E-state index contributed by atoms with van der Waals surface area (Å²) in [5.74, 6) is -2.08. The van der Waals surface area contributed by atoms with Gasteiger partial charge in [0.05, 0.1) is 6.10 Å². The van der Waals surface area contributed by atoms with E-state index in [-0.39, 0.29) is 24.2 Å². The number of carbonyl (C=O) groups excluding carboxylic acids is 1. The number of cyclic esters (lactones) is 1. The predicted molar refractivity (Wildman–Crippen MR) is 82.2 cm³/mol. The van der Waals surface area contributed by atoms with Crippen LogP contribution >= 0.6 is 0 Å². The van der Waals surface area contributed by atoms with Crippen LogP contribution in [0, 0.1) is 5.82 Å². The Hall–Kier alpha value is -2.09. The van der Waals surface area contributed by atoms with E-state index in [9.17, 15) is 22.4 Å². The first-order valence-electron chi connectivity index (χ1n) is 8.17. The molecule has 0 amide bonds. The number of ether oxygens (including phenoxy) is 3. The lowest BCUT2D eigenvalue weighted by molar-refractivity contribution is -0.218. The third-order valence-electron chi connectivity index (χ3n) is 4.15. The lowest BCUT2D eigenvalue weighted by atomic mass is 9.92. The molecule has 2 heterocycles. The SMILES string of the molecule is CC1(C)OC(=O)C2=C(C[C@@H](CCC(F)(F)F)O[C@H]2c2ccc(F)cc2)O1. The molecule has 0 unspecified atom stereocenters. The Balaban J connectivity index is 1.94. The number of esters is 1. The van der Waals surface area contributed by atoms with Crippen LogP contribution in [-0.2, 0) is 19.0 Å². The summed E-state index contributed by atoms with van der Waals surface area (Å²) in [4.78, 5) is 12.4. The first kappa shape index (κ1) is 18.7. The van der Waals surface area contributed by atoms with Gasteiger partial charge in [0.2, 0.25) is 5.79 Å². The second kappa shape index (κ2) is 6.57. The van der Waals surface area contributed by atoms with Gasteiger partial charge >= 0.3 is 12.1 Å². The highest BCUT2D eigenvalue weighted by atomic mass is 19.4. The zero-order valence-corrected chi connectivity index (χ0v) is 14.2. The summed E-state index contributed by atoms with van der Waals surface area (Å²) in [6.07, 6.45) is -7.30. The normalized spacial score (nSPS) is 25.4. The molecule has 142 valence electrons. The number of alkyl halides is 3. The minimum Gasteiger partial charge on any atom is -0.456 e. The minimum atomic E-state index is -4.31. The van der Waals surface area contributed by atoms with E-state index in [2.05, 4.69) is 0 Å². The number of benzene rings is 1. The number of hydrogen-bond acceptors (Lipinski definition) is 4. The van der Waals surface area contributed by atoms with E-state index in [0.717, 1.165) is 0 Å². The first-order valence-corrected chi connectivity index (χ1v) is 8.17. The second-order valence-electron chi connectivity index (χ2n) is 6.78. The maximum Gasteiger partial charge on any atom is 0.389 e. The van der Waals surface area contributed by atoms with Crippen molar-refractivity contribution < 1.29 is 36.6 Å². The molecule has 1 aromatic rings. The Labute approximate surface area is 147 Å². The predicted octanol–water partition coefficient (Wildman–Crippen LogP) is 4.56. The molecule has 26 heavy (non-hydrogen) atoms. The monoisotopic (exact) mass is 374 g/mol. The molecular formula is C18H18F4O4. The number of hydrogen-bond donors (Lipinski definition) is 0. The Morgan fingerprint density at radius 1 is 1.15 bits per heavy atom. The molecule has 0 N–H and O–H groups in total. The number of rotatable bonds is 3. The Bertz CT molecular complexity index is 722. The molecule has 0 aliphatic carbocycles. The molecule has 0 fully saturated rings. The van der Waals surface area contributed by atoms with Gasteiger partial charge in [-0.1, -0.05) is 12.1 Å². The van der Waals surface area contributed by atoms with Gasteiger partial charge in [0, 0.05) is 26.7 Å². The van der Waals surface area contributed by atoms with Gasteiger partial charge in [0.15, 0.2) is 0 Å². The Kier molecular flexibility index (Phi) is 4.72. The van der Waals surface area contributed by atoms with Crippen molar-refractivity contribution in [1.82, 2.24) is 0 Å². The second-order valence-corrected chi connectivity index (χ2v) is 6.78. The fraction of sp³-hybridized carbons (Fsp3) is 0.500. The van der Waals surface area contributed by atoms with Gasteiger partial charge in [-0.3, -0.25) is 0 Å². The lowest BCUT2D eigenvalue weighted by Gasteiger charge is -2.40. The van der Waals surface area contributed by atoms with Crippen LogP contribution in [0.15, 0.2) is 35.6 Å². The molecule has 0 radical (unpaired) electrons. The molecule has 2 aliphatic heterocycles. The smallest absolute Gasteiger partial charge is 0.389 e. The topological polar surface area (TPSA) is 44.8 Å². The molecule has 2 atom stereocenters. The van der Waals surface area contributed by atoms with Crippen LogP contribution in [0.3, 0.4) is 0 Å². The molecule has 0 bridgehead atoms. The molecular weight excluding hydrogens is 356 g/mol. The van der Waals surface area contributed by atoms with Crippen molar-refractivity contribution in [1.29, 1.82) is 0 Å². The standard InChI is InChI=1S/C18H18F4O4/c1-17(2)25-13-9-12(7-8-18(20,21)22)24-15(14(13)16(23)26-17)10-3-5-11(19)6-4-10/h3-6,12,15H,7-9H2,1-2H3/t12-,15+/m1/s1. The van der Waals surface area contributed by atoms with E-state index < -0.39 is 42.4 Å². The summed E-state index contributed by atoms with van der Waals surface area (Å²) in [5, 5.41) is 0. The summed E-state index contributed by atoms with van der Waals surface area (Å²) >= 11 is 0. The average molecular weight is 374 g/mol.